The van der Waals surface area contributed by atoms with Gasteiger partial charge in [-0.05, 0) is 40.2 Å². The summed E-state index contributed by atoms with van der Waals surface area (Å²) in [6.07, 6.45) is 2.17. The summed E-state index contributed by atoms with van der Waals surface area (Å²) in [6, 6.07) is 6.56. The third-order valence-electron chi connectivity index (χ3n) is 3.27. The van der Waals surface area contributed by atoms with Crippen LogP contribution in [0, 0.1) is 6.92 Å². The second-order valence-electron chi connectivity index (χ2n) is 5.57. The van der Waals surface area contributed by atoms with Gasteiger partial charge in [-0.3, -0.25) is 0 Å². The van der Waals surface area contributed by atoms with Crippen LogP contribution in [0.2, 0.25) is 0 Å². The van der Waals surface area contributed by atoms with Crippen LogP contribution in [0.3, 0.4) is 0 Å². The molecule has 0 fully saturated rings. The van der Waals surface area contributed by atoms with Gasteiger partial charge in [-0.25, -0.2) is 0 Å². The van der Waals surface area contributed by atoms with Gasteiger partial charge in [0, 0.05) is 23.2 Å². The molecule has 0 aliphatic rings. The van der Waals surface area contributed by atoms with Crippen molar-refractivity contribution in [2.45, 2.75) is 46.3 Å². The first kappa shape index (κ1) is 12.2. The van der Waals surface area contributed by atoms with Gasteiger partial charge < -0.3 is 9.67 Å². The Labute approximate surface area is 103 Å². The summed E-state index contributed by atoms with van der Waals surface area (Å²) in [7, 11) is 0. The van der Waals surface area contributed by atoms with Crippen LogP contribution in [0.5, 0.6) is 0 Å². The SMILES string of the molecule is Cc1cn(C(C)C)c2c(C(C)(C)O)cccc12. The Hall–Kier alpha value is -1.28. The first-order valence-corrected chi connectivity index (χ1v) is 6.15. The second kappa shape index (κ2) is 3.88. The third-order valence-corrected chi connectivity index (χ3v) is 3.27. The van der Waals surface area contributed by atoms with Crippen LogP contribution in [0.15, 0.2) is 24.4 Å². The number of rotatable bonds is 2. The molecule has 1 aromatic carbocycles. The van der Waals surface area contributed by atoms with Gasteiger partial charge in [0.15, 0.2) is 0 Å². The zero-order valence-electron chi connectivity index (χ0n) is 11.3. The molecule has 0 bridgehead atoms. The van der Waals surface area contributed by atoms with Crippen molar-refractivity contribution in [2.75, 3.05) is 0 Å². The minimum Gasteiger partial charge on any atom is -0.386 e. The van der Waals surface area contributed by atoms with E-state index in [9.17, 15) is 5.11 Å². The van der Waals surface area contributed by atoms with E-state index in [-0.39, 0.29) is 0 Å². The lowest BCUT2D eigenvalue weighted by molar-refractivity contribution is 0.0798. The van der Waals surface area contributed by atoms with E-state index in [2.05, 4.69) is 37.6 Å². The highest BCUT2D eigenvalue weighted by Gasteiger charge is 2.22. The zero-order valence-corrected chi connectivity index (χ0v) is 11.3. The lowest BCUT2D eigenvalue weighted by Gasteiger charge is -2.21. The first-order chi connectivity index (χ1) is 7.82. The predicted molar refractivity (Wildman–Crippen MR) is 72.3 cm³/mol. The maximum Gasteiger partial charge on any atom is 0.0860 e. The topological polar surface area (TPSA) is 25.2 Å². The highest BCUT2D eigenvalue weighted by atomic mass is 16.3. The lowest BCUT2D eigenvalue weighted by Crippen LogP contribution is -2.17. The van der Waals surface area contributed by atoms with Gasteiger partial charge in [-0.1, -0.05) is 18.2 Å². The fourth-order valence-corrected chi connectivity index (χ4v) is 2.38. The van der Waals surface area contributed by atoms with Crippen molar-refractivity contribution < 1.29 is 5.11 Å². The van der Waals surface area contributed by atoms with Gasteiger partial charge in [-0.2, -0.15) is 0 Å². The summed E-state index contributed by atoms with van der Waals surface area (Å²) in [5, 5.41) is 11.5. The predicted octanol–water partition coefficient (Wildman–Crippen LogP) is 3.76. The van der Waals surface area contributed by atoms with E-state index in [4.69, 9.17) is 0 Å². The number of aryl methyl sites for hydroxylation is 1. The molecule has 1 N–H and O–H groups in total. The van der Waals surface area contributed by atoms with Gasteiger partial charge in [0.2, 0.25) is 0 Å². The Bertz CT molecular complexity index is 544. The van der Waals surface area contributed by atoms with E-state index in [0.29, 0.717) is 6.04 Å². The van der Waals surface area contributed by atoms with Crippen molar-refractivity contribution in [1.82, 2.24) is 4.57 Å². The number of para-hydroxylation sites is 1. The van der Waals surface area contributed by atoms with Gasteiger partial charge in [0.25, 0.3) is 0 Å². The standard InChI is InChI=1S/C15H21NO/c1-10(2)16-9-11(3)12-7-6-8-13(14(12)16)15(4,5)17/h6-10,17H,1-5H3. The fourth-order valence-electron chi connectivity index (χ4n) is 2.38. The number of aliphatic hydroxyl groups is 1. The van der Waals surface area contributed by atoms with E-state index in [1.165, 1.54) is 10.9 Å². The summed E-state index contributed by atoms with van der Waals surface area (Å²) in [5.74, 6) is 0. The molecule has 2 heteroatoms. The van der Waals surface area contributed by atoms with Crippen LogP contribution in [0.25, 0.3) is 10.9 Å². The number of hydrogen-bond acceptors (Lipinski definition) is 1. The summed E-state index contributed by atoms with van der Waals surface area (Å²) < 4.78 is 2.25. The largest absolute Gasteiger partial charge is 0.386 e. The minimum atomic E-state index is -0.809. The maximum atomic E-state index is 10.3. The molecular formula is C15H21NO. The molecule has 0 amide bonds. The van der Waals surface area contributed by atoms with Gasteiger partial charge in [0.1, 0.15) is 0 Å². The average molecular weight is 231 g/mol. The molecule has 1 aromatic heterocycles. The molecule has 1 heterocycles. The number of aromatic nitrogens is 1. The number of fused-ring (bicyclic) bond motifs is 1. The monoisotopic (exact) mass is 231 g/mol. The van der Waals surface area contributed by atoms with E-state index in [0.717, 1.165) is 11.1 Å². The molecule has 0 unspecified atom stereocenters. The molecule has 0 aliphatic carbocycles. The molecular weight excluding hydrogens is 210 g/mol. The van der Waals surface area contributed by atoms with E-state index < -0.39 is 5.60 Å². The summed E-state index contributed by atoms with van der Waals surface area (Å²) >= 11 is 0. The van der Waals surface area contributed by atoms with Crippen molar-refractivity contribution in [2.24, 2.45) is 0 Å². The molecule has 0 atom stereocenters. The molecule has 92 valence electrons. The van der Waals surface area contributed by atoms with Crippen LogP contribution in [-0.4, -0.2) is 9.67 Å². The van der Waals surface area contributed by atoms with Crippen molar-refractivity contribution in [1.29, 1.82) is 0 Å². The highest BCUT2D eigenvalue weighted by Crippen LogP contribution is 2.32. The second-order valence-corrected chi connectivity index (χ2v) is 5.57. The van der Waals surface area contributed by atoms with E-state index in [1.54, 1.807) is 0 Å². The van der Waals surface area contributed by atoms with Gasteiger partial charge in [0.05, 0.1) is 11.1 Å². The molecule has 2 aromatic rings. The smallest absolute Gasteiger partial charge is 0.0860 e. The first-order valence-electron chi connectivity index (χ1n) is 6.15. The molecule has 0 saturated carbocycles. The molecule has 17 heavy (non-hydrogen) atoms. The Morgan fingerprint density at radius 3 is 2.41 bits per heavy atom. The van der Waals surface area contributed by atoms with Crippen LogP contribution < -0.4 is 0 Å². The molecule has 2 rings (SSSR count). The van der Waals surface area contributed by atoms with Crippen molar-refractivity contribution in [3.63, 3.8) is 0 Å². The Morgan fingerprint density at radius 2 is 1.88 bits per heavy atom. The van der Waals surface area contributed by atoms with Crippen molar-refractivity contribution in [3.05, 3.63) is 35.5 Å². The highest BCUT2D eigenvalue weighted by molar-refractivity contribution is 5.87. The van der Waals surface area contributed by atoms with Gasteiger partial charge in [-0.15, -0.1) is 0 Å². The Kier molecular flexibility index (Phi) is 2.78. The molecule has 0 saturated heterocycles. The lowest BCUT2D eigenvalue weighted by atomic mass is 9.95. The summed E-state index contributed by atoms with van der Waals surface area (Å²) in [4.78, 5) is 0. The third kappa shape index (κ3) is 1.98. The Balaban J connectivity index is 2.86. The summed E-state index contributed by atoms with van der Waals surface area (Å²) in [6.45, 7) is 10.1. The molecule has 2 nitrogen and oxygen atoms in total. The van der Waals surface area contributed by atoms with Gasteiger partial charge >= 0.3 is 0 Å². The van der Waals surface area contributed by atoms with Crippen LogP contribution in [0.1, 0.15) is 44.9 Å². The fraction of sp³-hybridized carbons (Fsp3) is 0.467. The minimum absolute atomic E-state index is 0.398. The normalized spacial score (nSPS) is 12.6. The van der Waals surface area contributed by atoms with Crippen LogP contribution in [-0.2, 0) is 5.60 Å². The number of nitrogens with zero attached hydrogens (tertiary/aromatic N) is 1. The van der Waals surface area contributed by atoms with E-state index >= 15 is 0 Å². The van der Waals surface area contributed by atoms with E-state index in [1.807, 2.05) is 26.0 Å². The quantitative estimate of drug-likeness (QED) is 0.836. The van der Waals surface area contributed by atoms with Crippen LogP contribution >= 0.6 is 0 Å². The van der Waals surface area contributed by atoms with Crippen molar-refractivity contribution >= 4 is 10.9 Å². The van der Waals surface area contributed by atoms with Crippen LogP contribution in [0.4, 0.5) is 0 Å². The molecule has 0 aliphatic heterocycles. The maximum absolute atomic E-state index is 10.3. The Morgan fingerprint density at radius 1 is 1.24 bits per heavy atom. The summed E-state index contributed by atoms with van der Waals surface area (Å²) in [5.41, 5.74) is 2.61. The number of hydrogen-bond donors (Lipinski definition) is 1. The van der Waals surface area contributed by atoms with Crippen molar-refractivity contribution in [3.8, 4) is 0 Å². The zero-order chi connectivity index (χ0) is 12.8. The molecule has 0 radical (unpaired) electrons. The average Bonchev–Trinajstić information content (AvgIpc) is 2.55. The molecule has 0 spiro atoms. The number of benzene rings is 1.